The summed E-state index contributed by atoms with van der Waals surface area (Å²) in [4.78, 5) is 95.2. The van der Waals surface area contributed by atoms with Gasteiger partial charge in [-0.25, -0.2) is 9.59 Å². The van der Waals surface area contributed by atoms with Crippen molar-refractivity contribution in [1.29, 1.82) is 0 Å². The minimum Gasteiger partial charge on any atom is -1.00 e. The molecule has 0 spiro atoms. The maximum absolute atomic E-state index is 13.5. The van der Waals surface area contributed by atoms with Crippen LogP contribution in [0.25, 0.3) is 0 Å². The summed E-state index contributed by atoms with van der Waals surface area (Å²) < 4.78 is 79.4. The summed E-state index contributed by atoms with van der Waals surface area (Å²) in [6, 6.07) is 17.0. The zero-order valence-corrected chi connectivity index (χ0v) is 38.5. The van der Waals surface area contributed by atoms with E-state index >= 15 is 0 Å². The van der Waals surface area contributed by atoms with Crippen LogP contribution in [0.1, 0.15) is 87.4 Å². The molecule has 0 amide bonds. The number of benzene rings is 2. The zero-order chi connectivity index (χ0) is 48.9. The molecule has 2 aliphatic carbocycles. The van der Waals surface area contributed by atoms with E-state index in [1.807, 2.05) is 13.0 Å². The zero-order valence-electron chi connectivity index (χ0n) is 38.6. The number of carbonyl (C=O) groups excluding carboxylic acids is 7. The van der Waals surface area contributed by atoms with Crippen LogP contribution < -0.4 is 18.9 Å². The first kappa shape index (κ1) is 59.4. The summed E-state index contributed by atoms with van der Waals surface area (Å²) in [6.07, 6.45) is 2.03. The summed E-state index contributed by atoms with van der Waals surface area (Å²) in [7, 11) is 1.41. The number of Topliss-reactive ketones (excluding diaryl/α,β-unsaturated/α-hetero) is 1. The van der Waals surface area contributed by atoms with Crippen LogP contribution in [0, 0.1) is 33.6 Å². The quantitative estimate of drug-likeness (QED) is 0.0464. The summed E-state index contributed by atoms with van der Waals surface area (Å²) in [6.45, 7) is 4.72. The second-order valence-corrected chi connectivity index (χ2v) is 17.1. The second-order valence-electron chi connectivity index (χ2n) is 15.2. The molecule has 9 atom stereocenters. The molecule has 15 nitrogen and oxygen atoms in total. The number of aliphatic hydroxyl groups is 1. The van der Waals surface area contributed by atoms with Crippen molar-refractivity contribution in [2.75, 3.05) is 27.0 Å². The molecule has 66 heavy (non-hydrogen) atoms. The molecule has 6 rings (SSSR count). The third-order valence-corrected chi connectivity index (χ3v) is 12.4. The van der Waals surface area contributed by atoms with E-state index in [-0.39, 0.29) is 82.0 Å². The Kier molecular flexibility index (Phi) is 26.2. The molecule has 0 aromatic heterocycles. The van der Waals surface area contributed by atoms with Crippen molar-refractivity contribution < 1.29 is 100.0 Å². The summed E-state index contributed by atoms with van der Waals surface area (Å²) in [5.41, 5.74) is 0.814. The number of carbonyl (C=O) groups is 7. The third kappa shape index (κ3) is 17.2. The minimum absolute atomic E-state index is 0. The van der Waals surface area contributed by atoms with Crippen molar-refractivity contribution in [3.63, 3.8) is 0 Å². The molecule has 4 aliphatic rings. The maximum Gasteiger partial charge on any atom is 1.00 e. The van der Waals surface area contributed by atoms with E-state index in [0.29, 0.717) is 30.4 Å². The van der Waals surface area contributed by atoms with Gasteiger partial charge in [-0.2, -0.15) is 17.6 Å². The van der Waals surface area contributed by atoms with Gasteiger partial charge in [0.2, 0.25) is 11.6 Å². The van der Waals surface area contributed by atoms with Crippen LogP contribution in [-0.2, 0) is 47.4 Å². The molecule has 2 heterocycles. The number of alkyl halides is 4. The first-order valence-corrected chi connectivity index (χ1v) is 22.6. The van der Waals surface area contributed by atoms with E-state index in [4.69, 9.17) is 38.5 Å². The van der Waals surface area contributed by atoms with Crippen LogP contribution in [0.15, 0.2) is 72.8 Å². The Hall–Kier alpha value is -4.66. The van der Waals surface area contributed by atoms with Crippen molar-refractivity contribution in [2.45, 2.75) is 101 Å². The summed E-state index contributed by atoms with van der Waals surface area (Å²) in [5.74, 6) is -12.0. The van der Waals surface area contributed by atoms with E-state index < -0.39 is 80.1 Å². The van der Waals surface area contributed by atoms with Gasteiger partial charge in [-0.3, -0.25) is 19.2 Å². The van der Waals surface area contributed by atoms with E-state index in [0.717, 1.165) is 19.5 Å². The standard InChI is InChI=1S/C20H20F2O5.C15H14O5.C9H17F2O2P.CH4O.Li.O2.H/c1-2-20(21,22)17(23)9-8-13-14-10-18(24)26-16(14)11-15(13)27-19(25)12-6-4-3-5-7-12;16-8-11-10-6-14(17)19-12(10)7-13(11)20-15(18)9-4-2-1-3-5-9;1-4-5-6-9(10,11)8(12)7-14(3)13-2;1-2;;1-2;/h3-9,13-16H,2,10-11H2,1H3;1-5,8,10-13H,6-7H2;4-7H2,1-3H3;2H,1H3;;;/q;;;;+1;;-1/b9-8+;;;;;;/t13-,14-,15?,16?;10-,11-,12?,13?;;;;;/m11...../s1. The van der Waals surface area contributed by atoms with Crippen LogP contribution in [-0.4, -0.2) is 110 Å². The predicted octanol–water partition coefficient (Wildman–Crippen LogP) is 4.54. The molecule has 360 valence electrons. The first-order valence-electron chi connectivity index (χ1n) is 20.7. The maximum atomic E-state index is 13.5. The SMILES string of the molecule is CCC(F)(F)C(=O)/C=C/[C@H]1C(OC(=O)c2ccccc2)CC2OC(=O)C[C@@H]21.CCCCC(F)(F)C(=O)CP(C)OC.CO.O=C[C@H]1C(OC(=O)c2ccccc2)CC2OC(=O)C[C@@H]21.O=O.[H-].[Li+]. The minimum atomic E-state index is -3.44. The molecule has 2 saturated carbocycles. The topological polar surface area (TPSA) is 220 Å². The molecule has 2 aliphatic heterocycles. The Morgan fingerprint density at radius 3 is 1.64 bits per heavy atom. The average Bonchev–Trinajstić information content (AvgIpc) is 4.04. The average molecular weight is 951 g/mol. The van der Waals surface area contributed by atoms with Crippen LogP contribution in [0.2, 0.25) is 0 Å². The van der Waals surface area contributed by atoms with E-state index in [1.165, 1.54) is 20.1 Å². The van der Waals surface area contributed by atoms with Gasteiger partial charge in [0.1, 0.15) is 30.7 Å². The number of ether oxygens (including phenoxy) is 4. The number of aldehydes is 1. The largest absolute Gasteiger partial charge is 1.00 e. The number of aliphatic hydroxyl groups excluding tert-OH is 1. The fourth-order valence-electron chi connectivity index (χ4n) is 7.48. The Bertz CT molecular complexity index is 1920. The van der Waals surface area contributed by atoms with Crippen molar-refractivity contribution >= 4 is 49.9 Å². The van der Waals surface area contributed by atoms with Gasteiger partial charge < -0.3 is 34.8 Å². The molecule has 21 heteroatoms. The number of halogens is 4. The van der Waals surface area contributed by atoms with Crippen molar-refractivity contribution in [3.8, 4) is 0 Å². The van der Waals surface area contributed by atoms with E-state index in [9.17, 15) is 51.1 Å². The molecule has 2 saturated heterocycles. The molecule has 4 fully saturated rings. The van der Waals surface area contributed by atoms with Gasteiger partial charge in [-0.15, -0.1) is 0 Å². The molecular weight excluding hydrogens is 894 g/mol. The van der Waals surface area contributed by atoms with Crippen molar-refractivity contribution in [3.05, 3.63) is 93.9 Å². The molecule has 5 unspecified atom stereocenters. The fourth-order valence-corrected chi connectivity index (χ4v) is 8.24. The number of rotatable bonds is 16. The van der Waals surface area contributed by atoms with Gasteiger partial charge in [0.05, 0.1) is 36.0 Å². The molecule has 2 aromatic carbocycles. The first-order chi connectivity index (χ1) is 30.9. The molecule has 2 aromatic rings. The molecular formula is C45H56F4LiO15P. The Morgan fingerprint density at radius 1 is 0.788 bits per heavy atom. The fraction of sp³-hybridized carbons (Fsp3) is 0.533. The van der Waals surface area contributed by atoms with Gasteiger partial charge in [-0.05, 0) is 43.4 Å². The van der Waals surface area contributed by atoms with Gasteiger partial charge in [-0.1, -0.05) is 62.7 Å². The monoisotopic (exact) mass is 950 g/mol. The van der Waals surface area contributed by atoms with Gasteiger partial charge in [0.25, 0.3) is 0 Å². The van der Waals surface area contributed by atoms with Crippen molar-refractivity contribution in [1.82, 2.24) is 0 Å². The predicted molar refractivity (Wildman–Crippen MR) is 229 cm³/mol. The summed E-state index contributed by atoms with van der Waals surface area (Å²) in [5, 5.41) is 7.00. The number of ketones is 2. The molecule has 0 bridgehead atoms. The Balaban J connectivity index is 0.000000970. The van der Waals surface area contributed by atoms with E-state index in [1.54, 1.807) is 61.3 Å². The van der Waals surface area contributed by atoms with Crippen LogP contribution >= 0.6 is 8.15 Å². The number of hydrogen-bond donors (Lipinski definition) is 1. The second kappa shape index (κ2) is 29.2. The van der Waals surface area contributed by atoms with E-state index in [2.05, 4.69) is 0 Å². The van der Waals surface area contributed by atoms with Gasteiger partial charge >= 0.3 is 54.6 Å². The van der Waals surface area contributed by atoms with Gasteiger partial charge in [0, 0.05) is 75.7 Å². The van der Waals surface area contributed by atoms with Crippen molar-refractivity contribution in [2.24, 2.45) is 23.7 Å². The number of allylic oxidation sites excluding steroid dienone is 1. The van der Waals surface area contributed by atoms with Crippen LogP contribution in [0.4, 0.5) is 17.6 Å². The van der Waals surface area contributed by atoms with Crippen LogP contribution in [0.5, 0.6) is 0 Å². The normalized spacial score (nSPS) is 23.9. The smallest absolute Gasteiger partial charge is 1.00 e. The molecule has 0 radical (unpaired) electrons. The number of fused-ring (bicyclic) bond motifs is 2. The molecule has 1 N–H and O–H groups in total. The number of hydrogen-bond acceptors (Lipinski definition) is 15. The van der Waals surface area contributed by atoms with Gasteiger partial charge in [0.15, 0.2) is 0 Å². The Morgan fingerprint density at radius 2 is 1.23 bits per heavy atom. The number of esters is 4. The third-order valence-electron chi connectivity index (χ3n) is 11.0. The number of unbranched alkanes of at least 4 members (excludes halogenated alkanes) is 1. The van der Waals surface area contributed by atoms with Crippen LogP contribution in [0.3, 0.4) is 0 Å². The Labute approximate surface area is 394 Å². The summed E-state index contributed by atoms with van der Waals surface area (Å²) >= 11 is 0.